The number of carbonyl (C=O) groups is 1. The van der Waals surface area contributed by atoms with Gasteiger partial charge < -0.3 is 5.32 Å². The maximum atomic E-state index is 13.4. The van der Waals surface area contributed by atoms with E-state index in [0.717, 1.165) is 24.3 Å². The van der Waals surface area contributed by atoms with Gasteiger partial charge in [-0.1, -0.05) is 6.07 Å². The third kappa shape index (κ3) is 4.35. The average molecular weight is 315 g/mol. The van der Waals surface area contributed by atoms with Crippen LogP contribution in [0.2, 0.25) is 0 Å². The van der Waals surface area contributed by atoms with E-state index in [-0.39, 0.29) is 17.1 Å². The standard InChI is InChI=1S/C14H15F2NO3S/c15-12-4-1-5-13(16)11(12)6-7-14(18)17-10-3-2-8-21(19,20)9-10/h1,4-7,10H,2-3,8-9H2,(H,17,18). The van der Waals surface area contributed by atoms with Gasteiger partial charge >= 0.3 is 0 Å². The second kappa shape index (κ2) is 6.34. The van der Waals surface area contributed by atoms with Gasteiger partial charge in [0.25, 0.3) is 0 Å². The molecule has 21 heavy (non-hydrogen) atoms. The lowest BCUT2D eigenvalue weighted by Gasteiger charge is -2.22. The van der Waals surface area contributed by atoms with Crippen LogP contribution < -0.4 is 5.32 Å². The molecule has 0 saturated carbocycles. The fourth-order valence-electron chi connectivity index (χ4n) is 2.21. The fraction of sp³-hybridized carbons (Fsp3) is 0.357. The molecule has 1 unspecified atom stereocenters. The maximum Gasteiger partial charge on any atom is 0.244 e. The third-order valence-corrected chi connectivity index (χ3v) is 5.03. The molecule has 1 heterocycles. The molecule has 1 saturated heterocycles. The summed E-state index contributed by atoms with van der Waals surface area (Å²) in [6.45, 7) is 0. The van der Waals surface area contributed by atoms with Crippen LogP contribution in [-0.2, 0) is 14.6 Å². The Morgan fingerprint density at radius 1 is 1.29 bits per heavy atom. The van der Waals surface area contributed by atoms with E-state index in [9.17, 15) is 22.0 Å². The molecule has 0 radical (unpaired) electrons. The van der Waals surface area contributed by atoms with Crippen LogP contribution in [0.15, 0.2) is 24.3 Å². The molecule has 1 amide bonds. The molecule has 1 aliphatic rings. The van der Waals surface area contributed by atoms with Gasteiger partial charge in [-0.15, -0.1) is 0 Å². The first-order valence-electron chi connectivity index (χ1n) is 6.50. The SMILES string of the molecule is O=C(C=Cc1c(F)cccc1F)NC1CCCS(=O)(=O)C1. The third-order valence-electron chi connectivity index (χ3n) is 3.21. The Hall–Kier alpha value is -1.76. The summed E-state index contributed by atoms with van der Waals surface area (Å²) < 4.78 is 49.6. The number of sulfone groups is 1. The van der Waals surface area contributed by atoms with Gasteiger partial charge in [0.1, 0.15) is 11.6 Å². The molecule has 1 atom stereocenters. The zero-order valence-corrected chi connectivity index (χ0v) is 12.0. The highest BCUT2D eigenvalue weighted by Gasteiger charge is 2.25. The Morgan fingerprint density at radius 3 is 2.57 bits per heavy atom. The number of hydrogen-bond acceptors (Lipinski definition) is 3. The second-order valence-corrected chi connectivity index (χ2v) is 7.16. The Balaban J connectivity index is 2.00. The Morgan fingerprint density at radius 2 is 1.95 bits per heavy atom. The highest BCUT2D eigenvalue weighted by Crippen LogP contribution is 2.14. The normalized spacial score (nSPS) is 21.3. The van der Waals surface area contributed by atoms with E-state index in [1.807, 2.05) is 0 Å². The molecule has 1 fully saturated rings. The van der Waals surface area contributed by atoms with E-state index in [1.54, 1.807) is 0 Å². The first-order chi connectivity index (χ1) is 9.87. The van der Waals surface area contributed by atoms with Crippen molar-refractivity contribution in [3.8, 4) is 0 Å². The van der Waals surface area contributed by atoms with Gasteiger partial charge in [-0.2, -0.15) is 0 Å². The molecule has 2 rings (SSSR count). The van der Waals surface area contributed by atoms with Gasteiger partial charge in [0, 0.05) is 17.7 Å². The Labute approximate surface area is 121 Å². The van der Waals surface area contributed by atoms with Crippen molar-refractivity contribution in [2.24, 2.45) is 0 Å². The topological polar surface area (TPSA) is 63.2 Å². The van der Waals surface area contributed by atoms with E-state index in [4.69, 9.17) is 0 Å². The van der Waals surface area contributed by atoms with Crippen molar-refractivity contribution in [2.75, 3.05) is 11.5 Å². The molecule has 7 heteroatoms. The zero-order valence-electron chi connectivity index (χ0n) is 11.2. The lowest BCUT2D eigenvalue weighted by Crippen LogP contribution is -2.42. The first kappa shape index (κ1) is 15.6. The monoisotopic (exact) mass is 315 g/mol. The number of rotatable bonds is 3. The number of carbonyl (C=O) groups excluding carboxylic acids is 1. The van der Waals surface area contributed by atoms with Gasteiger partial charge in [-0.05, 0) is 31.1 Å². The van der Waals surface area contributed by atoms with Crippen molar-refractivity contribution in [3.05, 3.63) is 41.5 Å². The van der Waals surface area contributed by atoms with Crippen LogP contribution in [0.5, 0.6) is 0 Å². The number of halogens is 2. The van der Waals surface area contributed by atoms with Gasteiger partial charge in [-0.3, -0.25) is 4.79 Å². The summed E-state index contributed by atoms with van der Waals surface area (Å²) in [5.74, 6) is -2.06. The van der Waals surface area contributed by atoms with E-state index in [0.29, 0.717) is 12.8 Å². The van der Waals surface area contributed by atoms with E-state index >= 15 is 0 Å². The molecule has 0 bridgehead atoms. The van der Waals surface area contributed by atoms with Crippen molar-refractivity contribution in [1.29, 1.82) is 0 Å². The van der Waals surface area contributed by atoms with E-state index in [1.165, 1.54) is 6.07 Å². The lowest BCUT2D eigenvalue weighted by atomic mass is 10.1. The molecular weight excluding hydrogens is 300 g/mol. The lowest BCUT2D eigenvalue weighted by molar-refractivity contribution is -0.117. The molecule has 1 N–H and O–H groups in total. The molecule has 4 nitrogen and oxygen atoms in total. The summed E-state index contributed by atoms with van der Waals surface area (Å²) in [5.41, 5.74) is -0.302. The van der Waals surface area contributed by atoms with Crippen LogP contribution in [-0.4, -0.2) is 31.9 Å². The Kier molecular flexibility index (Phi) is 4.72. The van der Waals surface area contributed by atoms with Gasteiger partial charge in [0.2, 0.25) is 5.91 Å². The van der Waals surface area contributed by atoms with Crippen LogP contribution in [0.1, 0.15) is 18.4 Å². The molecule has 0 spiro atoms. The summed E-state index contributed by atoms with van der Waals surface area (Å²) in [5, 5.41) is 2.53. The van der Waals surface area contributed by atoms with Gasteiger partial charge in [0.15, 0.2) is 9.84 Å². The summed E-state index contributed by atoms with van der Waals surface area (Å²) >= 11 is 0. The maximum absolute atomic E-state index is 13.4. The van der Waals surface area contributed by atoms with Crippen molar-refractivity contribution in [1.82, 2.24) is 5.32 Å². The van der Waals surface area contributed by atoms with Crippen molar-refractivity contribution >= 4 is 21.8 Å². The molecule has 0 aliphatic carbocycles. The minimum absolute atomic E-state index is 0.0966. The van der Waals surface area contributed by atoms with Crippen molar-refractivity contribution in [2.45, 2.75) is 18.9 Å². The summed E-state index contributed by atoms with van der Waals surface area (Å²) in [6, 6.07) is 2.96. The molecule has 1 aliphatic heterocycles. The predicted molar refractivity (Wildman–Crippen MR) is 75.2 cm³/mol. The van der Waals surface area contributed by atoms with Crippen LogP contribution in [0.4, 0.5) is 8.78 Å². The van der Waals surface area contributed by atoms with Crippen LogP contribution in [0.25, 0.3) is 6.08 Å². The van der Waals surface area contributed by atoms with Gasteiger partial charge in [-0.25, -0.2) is 17.2 Å². The summed E-state index contributed by atoms with van der Waals surface area (Å²) in [7, 11) is -3.12. The molecule has 1 aromatic carbocycles. The van der Waals surface area contributed by atoms with E-state index in [2.05, 4.69) is 5.32 Å². The summed E-state index contributed by atoms with van der Waals surface area (Å²) in [4.78, 5) is 11.7. The van der Waals surface area contributed by atoms with Crippen LogP contribution in [0, 0.1) is 11.6 Å². The Bertz CT molecular complexity index is 651. The number of hydrogen-bond donors (Lipinski definition) is 1. The number of nitrogens with one attached hydrogen (secondary N) is 1. The second-order valence-electron chi connectivity index (χ2n) is 4.93. The minimum atomic E-state index is -3.12. The molecule has 1 aromatic rings. The largest absolute Gasteiger partial charge is 0.349 e. The highest BCUT2D eigenvalue weighted by atomic mass is 32.2. The predicted octanol–water partition coefficient (Wildman–Crippen LogP) is 1.67. The smallest absolute Gasteiger partial charge is 0.244 e. The minimum Gasteiger partial charge on any atom is -0.349 e. The quantitative estimate of drug-likeness (QED) is 0.863. The average Bonchev–Trinajstić information content (AvgIpc) is 2.36. The molecule has 0 aromatic heterocycles. The number of benzene rings is 1. The molecule has 114 valence electrons. The van der Waals surface area contributed by atoms with Crippen LogP contribution >= 0.6 is 0 Å². The number of amides is 1. The fourth-order valence-corrected chi connectivity index (χ4v) is 3.85. The highest BCUT2D eigenvalue weighted by molar-refractivity contribution is 7.91. The van der Waals surface area contributed by atoms with Gasteiger partial charge in [0.05, 0.1) is 11.5 Å². The first-order valence-corrected chi connectivity index (χ1v) is 8.32. The van der Waals surface area contributed by atoms with Crippen LogP contribution in [0.3, 0.4) is 0 Å². The summed E-state index contributed by atoms with van der Waals surface area (Å²) in [6.07, 6.45) is 3.12. The van der Waals surface area contributed by atoms with Crippen molar-refractivity contribution in [3.63, 3.8) is 0 Å². The van der Waals surface area contributed by atoms with Crippen molar-refractivity contribution < 1.29 is 22.0 Å². The van der Waals surface area contributed by atoms with E-state index < -0.39 is 33.4 Å². The zero-order chi connectivity index (χ0) is 15.5. The molecular formula is C14H15F2NO3S.